The number of rotatable bonds is 6. The Morgan fingerprint density at radius 1 is 1.24 bits per heavy atom. The second kappa shape index (κ2) is 6.74. The molecule has 3 aliphatic heterocycles. The summed E-state index contributed by atoms with van der Waals surface area (Å²) in [6.07, 6.45) is 6.42. The highest BCUT2D eigenvalue weighted by molar-refractivity contribution is 9.09. The molecule has 1 atom stereocenters. The van der Waals surface area contributed by atoms with Gasteiger partial charge in [0.1, 0.15) is 6.10 Å². The van der Waals surface area contributed by atoms with E-state index in [1.165, 1.54) is 25.9 Å². The molecule has 3 heterocycles. The van der Waals surface area contributed by atoms with Crippen molar-refractivity contribution in [1.82, 2.24) is 4.90 Å². The highest BCUT2D eigenvalue weighted by Gasteiger charge is 2.36. The Morgan fingerprint density at radius 2 is 2.00 bits per heavy atom. The fourth-order valence-electron chi connectivity index (χ4n) is 2.81. The van der Waals surface area contributed by atoms with E-state index in [1.54, 1.807) is 0 Å². The molecular formula is C13H22BrNO2. The molecular weight excluding hydrogens is 282 g/mol. The molecule has 0 amide bonds. The number of carbonyl (C=O) groups excluding carboxylic acids is 1. The lowest BCUT2D eigenvalue weighted by Crippen LogP contribution is -2.51. The van der Waals surface area contributed by atoms with Crippen molar-refractivity contribution in [2.75, 3.05) is 25.0 Å². The minimum Gasteiger partial charge on any atom is -0.461 e. The van der Waals surface area contributed by atoms with Gasteiger partial charge in [0.25, 0.3) is 0 Å². The molecule has 2 bridgehead atoms. The van der Waals surface area contributed by atoms with E-state index in [-0.39, 0.29) is 12.1 Å². The summed E-state index contributed by atoms with van der Waals surface area (Å²) in [5.41, 5.74) is 0. The summed E-state index contributed by atoms with van der Waals surface area (Å²) < 4.78 is 5.61. The van der Waals surface area contributed by atoms with Gasteiger partial charge in [-0.25, -0.2) is 0 Å². The Labute approximate surface area is 112 Å². The monoisotopic (exact) mass is 303 g/mol. The topological polar surface area (TPSA) is 29.5 Å². The van der Waals surface area contributed by atoms with E-state index < -0.39 is 0 Å². The maximum Gasteiger partial charge on any atom is 0.306 e. The molecule has 0 N–H and O–H groups in total. The van der Waals surface area contributed by atoms with Gasteiger partial charge in [0.2, 0.25) is 0 Å². The van der Waals surface area contributed by atoms with Gasteiger partial charge >= 0.3 is 5.97 Å². The van der Waals surface area contributed by atoms with Crippen LogP contribution in [-0.4, -0.2) is 41.9 Å². The Kier molecular flexibility index (Phi) is 5.29. The van der Waals surface area contributed by atoms with E-state index in [0.717, 1.165) is 31.1 Å². The predicted octanol–water partition coefficient (Wildman–Crippen LogP) is 2.58. The number of ether oxygens (including phenoxy) is 1. The van der Waals surface area contributed by atoms with Gasteiger partial charge in [0.05, 0.1) is 0 Å². The first-order chi connectivity index (χ1) is 8.29. The average molecular weight is 304 g/mol. The molecule has 0 aromatic carbocycles. The molecule has 3 nitrogen and oxygen atoms in total. The SMILES string of the molecule is O=C(CCCCCBr)O[C@H]1CN2CCC1CC2. The van der Waals surface area contributed by atoms with Crippen molar-refractivity contribution in [2.24, 2.45) is 5.92 Å². The van der Waals surface area contributed by atoms with Crippen molar-refractivity contribution < 1.29 is 9.53 Å². The molecule has 0 saturated carbocycles. The maximum absolute atomic E-state index is 11.7. The minimum absolute atomic E-state index is 0.0123. The first-order valence-corrected chi connectivity index (χ1v) is 7.89. The number of hydrogen-bond donors (Lipinski definition) is 0. The maximum atomic E-state index is 11.7. The first-order valence-electron chi connectivity index (χ1n) is 6.77. The van der Waals surface area contributed by atoms with Gasteiger partial charge in [-0.2, -0.15) is 0 Å². The summed E-state index contributed by atoms with van der Waals surface area (Å²) in [5.74, 6) is 0.643. The molecule has 3 aliphatic rings. The van der Waals surface area contributed by atoms with Crippen LogP contribution in [0.2, 0.25) is 0 Å². The van der Waals surface area contributed by atoms with Crippen LogP contribution in [0.3, 0.4) is 0 Å². The summed E-state index contributed by atoms with van der Waals surface area (Å²) in [7, 11) is 0. The zero-order valence-electron chi connectivity index (χ0n) is 10.4. The lowest BCUT2D eigenvalue weighted by molar-refractivity contribution is -0.158. The number of fused-ring (bicyclic) bond motifs is 3. The number of nitrogens with zero attached hydrogens (tertiary/aromatic N) is 1. The third-order valence-corrected chi connectivity index (χ3v) is 4.45. The highest BCUT2D eigenvalue weighted by atomic mass is 79.9. The van der Waals surface area contributed by atoms with Gasteiger partial charge in [0, 0.05) is 18.3 Å². The van der Waals surface area contributed by atoms with Gasteiger partial charge in [-0.15, -0.1) is 0 Å². The molecule has 0 radical (unpaired) electrons. The summed E-state index contributed by atoms with van der Waals surface area (Å²) in [5, 5.41) is 1.03. The standard InChI is InChI=1S/C13H22BrNO2/c14-7-3-1-2-4-13(16)17-12-10-15-8-5-11(12)6-9-15/h11-12H,1-10H2/t12-/m0/s1. The minimum atomic E-state index is 0.0123. The van der Waals surface area contributed by atoms with Gasteiger partial charge < -0.3 is 4.74 Å². The second-order valence-electron chi connectivity index (χ2n) is 5.17. The van der Waals surface area contributed by atoms with E-state index in [9.17, 15) is 4.79 Å². The summed E-state index contributed by atoms with van der Waals surface area (Å²) in [6.45, 7) is 3.37. The fourth-order valence-corrected chi connectivity index (χ4v) is 3.21. The summed E-state index contributed by atoms with van der Waals surface area (Å²) in [4.78, 5) is 14.1. The molecule has 3 fully saturated rings. The van der Waals surface area contributed by atoms with Crippen molar-refractivity contribution >= 4 is 21.9 Å². The Hall–Kier alpha value is -0.0900. The quantitative estimate of drug-likeness (QED) is 0.429. The van der Waals surface area contributed by atoms with Gasteiger partial charge in [0.15, 0.2) is 0 Å². The molecule has 17 heavy (non-hydrogen) atoms. The third-order valence-electron chi connectivity index (χ3n) is 3.89. The number of alkyl halides is 1. The van der Waals surface area contributed by atoms with Crippen molar-refractivity contribution in [1.29, 1.82) is 0 Å². The number of piperidine rings is 3. The van der Waals surface area contributed by atoms with Gasteiger partial charge in [-0.3, -0.25) is 9.69 Å². The summed E-state index contributed by atoms with van der Waals surface area (Å²) in [6, 6.07) is 0. The number of carbonyl (C=O) groups is 1. The van der Waals surface area contributed by atoms with Crippen LogP contribution in [0.25, 0.3) is 0 Å². The molecule has 0 aromatic rings. The molecule has 98 valence electrons. The molecule has 0 aliphatic carbocycles. The van der Waals surface area contributed by atoms with Crippen LogP contribution in [0, 0.1) is 5.92 Å². The second-order valence-corrected chi connectivity index (χ2v) is 5.96. The van der Waals surface area contributed by atoms with Crippen LogP contribution in [0.15, 0.2) is 0 Å². The van der Waals surface area contributed by atoms with E-state index in [0.29, 0.717) is 12.3 Å². The van der Waals surface area contributed by atoms with Crippen molar-refractivity contribution in [3.63, 3.8) is 0 Å². The van der Waals surface area contributed by atoms with Crippen LogP contribution >= 0.6 is 15.9 Å². The first kappa shape index (κ1) is 13.3. The molecule has 3 rings (SSSR count). The van der Waals surface area contributed by atoms with E-state index in [2.05, 4.69) is 20.8 Å². The Balaban J connectivity index is 1.65. The summed E-state index contributed by atoms with van der Waals surface area (Å²) >= 11 is 3.40. The van der Waals surface area contributed by atoms with E-state index in [4.69, 9.17) is 4.74 Å². The highest BCUT2D eigenvalue weighted by Crippen LogP contribution is 2.29. The number of hydrogen-bond acceptors (Lipinski definition) is 3. The fraction of sp³-hybridized carbons (Fsp3) is 0.923. The average Bonchev–Trinajstić information content (AvgIpc) is 2.36. The Bertz CT molecular complexity index is 252. The third kappa shape index (κ3) is 3.95. The van der Waals surface area contributed by atoms with Crippen LogP contribution in [-0.2, 0) is 9.53 Å². The smallest absolute Gasteiger partial charge is 0.306 e. The predicted molar refractivity (Wildman–Crippen MR) is 71.3 cm³/mol. The zero-order chi connectivity index (χ0) is 12.1. The molecule has 0 spiro atoms. The lowest BCUT2D eigenvalue weighted by atomic mass is 9.86. The van der Waals surface area contributed by atoms with Crippen LogP contribution in [0.5, 0.6) is 0 Å². The van der Waals surface area contributed by atoms with Gasteiger partial charge in [-0.1, -0.05) is 22.4 Å². The normalized spacial score (nSPS) is 31.5. The largest absolute Gasteiger partial charge is 0.461 e. The Morgan fingerprint density at radius 3 is 2.59 bits per heavy atom. The molecule has 0 unspecified atom stereocenters. The van der Waals surface area contributed by atoms with E-state index in [1.807, 2.05) is 0 Å². The lowest BCUT2D eigenvalue weighted by Gasteiger charge is -2.43. The van der Waals surface area contributed by atoms with Crippen LogP contribution < -0.4 is 0 Å². The number of unbranched alkanes of at least 4 members (excludes halogenated alkanes) is 2. The molecule has 3 saturated heterocycles. The van der Waals surface area contributed by atoms with Crippen molar-refractivity contribution in [3.8, 4) is 0 Å². The van der Waals surface area contributed by atoms with Crippen molar-refractivity contribution in [2.45, 2.75) is 44.6 Å². The van der Waals surface area contributed by atoms with E-state index >= 15 is 0 Å². The number of halogens is 1. The molecule has 4 heteroatoms. The zero-order valence-corrected chi connectivity index (χ0v) is 12.0. The number of esters is 1. The van der Waals surface area contributed by atoms with Crippen molar-refractivity contribution in [3.05, 3.63) is 0 Å². The van der Waals surface area contributed by atoms with Crippen LogP contribution in [0.4, 0.5) is 0 Å². The van der Waals surface area contributed by atoms with Gasteiger partial charge in [-0.05, 0) is 44.7 Å². The van der Waals surface area contributed by atoms with Crippen LogP contribution in [0.1, 0.15) is 38.5 Å². The molecule has 0 aromatic heterocycles.